The van der Waals surface area contributed by atoms with Gasteiger partial charge in [0.05, 0.1) is 17.3 Å². The Morgan fingerprint density at radius 1 is 1.67 bits per heavy atom. The number of carbonyl (C=O) groups is 1. The van der Waals surface area contributed by atoms with Crippen LogP contribution in [0.2, 0.25) is 5.02 Å². The van der Waals surface area contributed by atoms with Gasteiger partial charge in [-0.05, 0) is 12.1 Å². The lowest BCUT2D eigenvalue weighted by Gasteiger charge is -2.18. The maximum absolute atomic E-state index is 10.8. The molecule has 0 saturated carbocycles. The highest BCUT2D eigenvalue weighted by atomic mass is 35.5. The van der Waals surface area contributed by atoms with E-state index >= 15 is 0 Å². The molecule has 1 aromatic rings. The molecule has 1 fully saturated rings. The third-order valence-electron chi connectivity index (χ3n) is 2.18. The molecule has 1 aromatic heterocycles. The summed E-state index contributed by atoms with van der Waals surface area (Å²) in [5, 5.41) is 10.3. The highest BCUT2D eigenvalue weighted by Gasteiger charge is 2.32. The van der Waals surface area contributed by atoms with E-state index in [0.717, 1.165) is 5.06 Å². The lowest BCUT2D eigenvalue weighted by Crippen LogP contribution is -2.28. The molecule has 1 aliphatic heterocycles. The quantitative estimate of drug-likeness (QED) is 0.800. The summed E-state index contributed by atoms with van der Waals surface area (Å²) in [5.41, 5.74) is 0.652. The van der Waals surface area contributed by atoms with Crippen LogP contribution in [-0.4, -0.2) is 27.9 Å². The Morgan fingerprint density at radius 3 is 3.07 bits per heavy atom. The number of pyridine rings is 1. The average Bonchev–Trinajstić information content (AvgIpc) is 2.67. The predicted molar refractivity (Wildman–Crippen MR) is 52.4 cm³/mol. The Kier molecular flexibility index (Phi) is 2.75. The van der Waals surface area contributed by atoms with Crippen LogP contribution in [-0.2, 0) is 4.84 Å². The van der Waals surface area contributed by atoms with Gasteiger partial charge in [0.25, 0.3) is 0 Å². The van der Waals surface area contributed by atoms with Crippen molar-refractivity contribution in [3.05, 3.63) is 29.0 Å². The molecular formula is C9H9ClN2O3. The van der Waals surface area contributed by atoms with E-state index in [0.29, 0.717) is 23.7 Å². The number of hydrogen-bond donors (Lipinski definition) is 1. The van der Waals surface area contributed by atoms with Gasteiger partial charge in [0.15, 0.2) is 0 Å². The fraction of sp³-hybridized carbons (Fsp3) is 0.333. The number of hydroxylamine groups is 2. The number of nitrogens with zero attached hydrogens (tertiary/aromatic N) is 2. The van der Waals surface area contributed by atoms with Gasteiger partial charge in [0, 0.05) is 12.6 Å². The summed E-state index contributed by atoms with van der Waals surface area (Å²) in [6.07, 6.45) is 1.00. The number of aromatic nitrogens is 1. The van der Waals surface area contributed by atoms with Crippen LogP contribution in [0.4, 0.5) is 4.79 Å². The van der Waals surface area contributed by atoms with Crippen LogP contribution < -0.4 is 0 Å². The maximum atomic E-state index is 10.8. The summed E-state index contributed by atoms with van der Waals surface area (Å²) < 4.78 is 0. The van der Waals surface area contributed by atoms with Gasteiger partial charge in [-0.25, -0.2) is 4.79 Å². The molecule has 80 valence electrons. The topological polar surface area (TPSA) is 62.7 Å². The van der Waals surface area contributed by atoms with E-state index in [1.807, 2.05) is 0 Å². The molecule has 1 saturated heterocycles. The molecule has 0 spiro atoms. The number of carboxylic acid groups (broad SMARTS) is 1. The minimum atomic E-state index is -1.10. The minimum Gasteiger partial charge on any atom is -0.463 e. The largest absolute Gasteiger partial charge is 0.463 e. The van der Waals surface area contributed by atoms with Crippen molar-refractivity contribution >= 4 is 17.7 Å². The predicted octanol–water partition coefficient (Wildman–Crippen LogP) is 2.09. The number of rotatable bonds is 1. The highest BCUT2D eigenvalue weighted by molar-refractivity contribution is 6.30. The van der Waals surface area contributed by atoms with Crippen molar-refractivity contribution in [1.29, 1.82) is 0 Å². The monoisotopic (exact) mass is 228 g/mol. The number of amides is 1. The number of halogens is 1. The van der Waals surface area contributed by atoms with E-state index in [-0.39, 0.29) is 6.04 Å². The highest BCUT2D eigenvalue weighted by Crippen LogP contribution is 2.29. The van der Waals surface area contributed by atoms with Crippen molar-refractivity contribution in [2.45, 2.75) is 12.5 Å². The van der Waals surface area contributed by atoms with Crippen molar-refractivity contribution in [3.8, 4) is 0 Å². The summed E-state index contributed by atoms with van der Waals surface area (Å²) in [4.78, 5) is 19.8. The molecule has 1 atom stereocenters. The van der Waals surface area contributed by atoms with Crippen LogP contribution >= 0.6 is 11.6 Å². The van der Waals surface area contributed by atoms with Gasteiger partial charge in [0.1, 0.15) is 6.04 Å². The van der Waals surface area contributed by atoms with Gasteiger partial charge < -0.3 is 5.11 Å². The van der Waals surface area contributed by atoms with E-state index in [9.17, 15) is 4.79 Å². The molecule has 15 heavy (non-hydrogen) atoms. The Balaban J connectivity index is 2.22. The Bertz CT molecular complexity index is 368. The lowest BCUT2D eigenvalue weighted by molar-refractivity contribution is -0.104. The Morgan fingerprint density at radius 2 is 2.47 bits per heavy atom. The molecular weight excluding hydrogens is 220 g/mol. The third kappa shape index (κ3) is 2.03. The molecule has 1 N–H and O–H groups in total. The molecule has 0 bridgehead atoms. The zero-order valence-electron chi connectivity index (χ0n) is 7.76. The van der Waals surface area contributed by atoms with Gasteiger partial charge in [-0.15, -0.1) is 0 Å². The van der Waals surface area contributed by atoms with E-state index < -0.39 is 6.09 Å². The van der Waals surface area contributed by atoms with Crippen LogP contribution in [0.5, 0.6) is 0 Å². The molecule has 0 aliphatic carbocycles. The lowest BCUT2D eigenvalue weighted by atomic mass is 10.1. The van der Waals surface area contributed by atoms with Crippen LogP contribution in [0.3, 0.4) is 0 Å². The van der Waals surface area contributed by atoms with Crippen LogP contribution in [0.1, 0.15) is 18.2 Å². The van der Waals surface area contributed by atoms with Gasteiger partial charge in [-0.2, -0.15) is 5.06 Å². The summed E-state index contributed by atoms with van der Waals surface area (Å²) in [6, 6.07) is 3.06. The van der Waals surface area contributed by atoms with Crippen molar-refractivity contribution in [1.82, 2.24) is 10.0 Å². The summed E-state index contributed by atoms with van der Waals surface area (Å²) in [6.45, 7) is 0.390. The first kappa shape index (κ1) is 10.2. The van der Waals surface area contributed by atoms with Crippen molar-refractivity contribution in [2.75, 3.05) is 6.61 Å². The number of hydrogen-bond acceptors (Lipinski definition) is 3. The molecule has 0 unspecified atom stereocenters. The zero-order valence-corrected chi connectivity index (χ0v) is 8.52. The first-order chi connectivity index (χ1) is 7.18. The van der Waals surface area contributed by atoms with E-state index in [1.54, 1.807) is 12.1 Å². The van der Waals surface area contributed by atoms with Crippen LogP contribution in [0, 0.1) is 0 Å². The molecule has 1 aliphatic rings. The maximum Gasteiger partial charge on any atom is 0.432 e. The van der Waals surface area contributed by atoms with Gasteiger partial charge in [0.2, 0.25) is 0 Å². The first-order valence-electron chi connectivity index (χ1n) is 4.45. The molecule has 2 rings (SSSR count). The normalized spacial score (nSPS) is 20.6. The van der Waals surface area contributed by atoms with Gasteiger partial charge >= 0.3 is 6.09 Å². The van der Waals surface area contributed by atoms with E-state index in [4.69, 9.17) is 21.5 Å². The van der Waals surface area contributed by atoms with Crippen molar-refractivity contribution in [2.24, 2.45) is 0 Å². The molecule has 2 heterocycles. The van der Waals surface area contributed by atoms with Crippen molar-refractivity contribution in [3.63, 3.8) is 0 Å². The van der Waals surface area contributed by atoms with Gasteiger partial charge in [-0.1, -0.05) is 11.6 Å². The second-order valence-corrected chi connectivity index (χ2v) is 3.58. The standard InChI is InChI=1S/C9H9ClN2O3/c10-6-1-2-7(11-5-6)8-3-4-15-12(8)9(13)14/h1-2,5,8H,3-4H2,(H,13,14)/t8-/m0/s1. The Hall–Kier alpha value is -1.33. The zero-order chi connectivity index (χ0) is 10.8. The van der Waals surface area contributed by atoms with Gasteiger partial charge in [-0.3, -0.25) is 9.82 Å². The molecule has 6 heteroatoms. The summed E-state index contributed by atoms with van der Waals surface area (Å²) >= 11 is 5.69. The molecule has 1 amide bonds. The summed E-state index contributed by atoms with van der Waals surface area (Å²) in [7, 11) is 0. The van der Waals surface area contributed by atoms with Crippen LogP contribution in [0.15, 0.2) is 18.3 Å². The summed E-state index contributed by atoms with van der Waals surface area (Å²) in [5.74, 6) is 0. The third-order valence-corrected chi connectivity index (χ3v) is 2.41. The fourth-order valence-corrected chi connectivity index (χ4v) is 1.62. The minimum absolute atomic E-state index is 0.334. The fourth-order valence-electron chi connectivity index (χ4n) is 1.51. The smallest absolute Gasteiger partial charge is 0.432 e. The molecule has 5 nitrogen and oxygen atoms in total. The van der Waals surface area contributed by atoms with Crippen LogP contribution in [0.25, 0.3) is 0 Å². The SMILES string of the molecule is O=C(O)N1OCC[C@H]1c1ccc(Cl)cn1. The Labute approximate surface area is 91.2 Å². The second-order valence-electron chi connectivity index (χ2n) is 3.15. The van der Waals surface area contributed by atoms with Crippen molar-refractivity contribution < 1.29 is 14.7 Å². The molecule has 0 radical (unpaired) electrons. The first-order valence-corrected chi connectivity index (χ1v) is 4.83. The van der Waals surface area contributed by atoms with E-state index in [2.05, 4.69) is 4.98 Å². The van der Waals surface area contributed by atoms with E-state index in [1.165, 1.54) is 6.20 Å². The average molecular weight is 229 g/mol. The second kappa shape index (κ2) is 4.04. The molecule has 0 aromatic carbocycles.